The minimum atomic E-state index is -0.137. The summed E-state index contributed by atoms with van der Waals surface area (Å²) < 4.78 is 1.58. The molecule has 31 heavy (non-hydrogen) atoms. The summed E-state index contributed by atoms with van der Waals surface area (Å²) >= 11 is 0. The van der Waals surface area contributed by atoms with E-state index in [1.54, 1.807) is 17.7 Å². The van der Waals surface area contributed by atoms with Crippen LogP contribution in [0, 0.1) is 5.92 Å². The lowest BCUT2D eigenvalue weighted by molar-refractivity contribution is -0.138. The van der Waals surface area contributed by atoms with E-state index in [1.807, 2.05) is 12.3 Å². The summed E-state index contributed by atoms with van der Waals surface area (Å²) in [6.07, 6.45) is 4.85. The van der Waals surface area contributed by atoms with E-state index in [4.69, 9.17) is 0 Å². The van der Waals surface area contributed by atoms with E-state index in [9.17, 15) is 9.59 Å². The lowest BCUT2D eigenvalue weighted by Crippen LogP contribution is -2.47. The number of hydrogen-bond acceptors (Lipinski definition) is 3. The van der Waals surface area contributed by atoms with Crippen molar-refractivity contribution >= 4 is 16.7 Å². The maximum atomic E-state index is 13.8. The van der Waals surface area contributed by atoms with Crippen molar-refractivity contribution in [2.24, 2.45) is 13.0 Å². The minimum absolute atomic E-state index is 0.0163. The van der Waals surface area contributed by atoms with Crippen molar-refractivity contribution in [2.75, 3.05) is 13.1 Å². The van der Waals surface area contributed by atoms with Crippen LogP contribution in [0.1, 0.15) is 36.3 Å². The number of carbonyl (C=O) groups excluding carboxylic acids is 1. The number of carbonyl (C=O) groups is 1. The quantitative estimate of drug-likeness (QED) is 0.695. The molecule has 2 atom stereocenters. The molecule has 1 aliphatic carbocycles. The molecule has 2 unspecified atom stereocenters. The fourth-order valence-corrected chi connectivity index (χ4v) is 4.83. The zero-order valence-electron chi connectivity index (χ0n) is 18.0. The lowest BCUT2D eigenvalue weighted by Gasteiger charge is -2.35. The second-order valence-corrected chi connectivity index (χ2v) is 8.99. The first-order valence-electron chi connectivity index (χ1n) is 11.3. The summed E-state index contributed by atoms with van der Waals surface area (Å²) in [5.41, 5.74) is 2.15. The van der Waals surface area contributed by atoms with Gasteiger partial charge in [-0.05, 0) is 65.8 Å². The Morgan fingerprint density at radius 1 is 1.06 bits per heavy atom. The van der Waals surface area contributed by atoms with Crippen LogP contribution in [0.4, 0.5) is 0 Å². The molecule has 0 radical (unpaired) electrons. The van der Waals surface area contributed by atoms with Gasteiger partial charge in [0.2, 0.25) is 5.91 Å². The van der Waals surface area contributed by atoms with Gasteiger partial charge in [0.05, 0.1) is 5.92 Å². The lowest BCUT2D eigenvalue weighted by atomic mass is 9.80. The van der Waals surface area contributed by atoms with Crippen LogP contribution >= 0.6 is 0 Å². The molecule has 160 valence electrons. The fourth-order valence-electron chi connectivity index (χ4n) is 4.83. The largest absolute Gasteiger partial charge is 0.335 e. The van der Waals surface area contributed by atoms with E-state index in [2.05, 4.69) is 52.7 Å². The predicted molar refractivity (Wildman–Crippen MR) is 123 cm³/mol. The Morgan fingerprint density at radius 3 is 2.65 bits per heavy atom. The van der Waals surface area contributed by atoms with Crippen LogP contribution in [0.15, 0.2) is 65.6 Å². The number of aryl methyl sites for hydroxylation is 1. The molecule has 5 rings (SSSR count). The van der Waals surface area contributed by atoms with Crippen LogP contribution in [0.5, 0.6) is 0 Å². The average Bonchev–Trinajstić information content (AvgIpc) is 3.64. The van der Waals surface area contributed by atoms with Crippen molar-refractivity contribution in [3.63, 3.8) is 0 Å². The number of hydrogen-bond donors (Lipinski definition) is 1. The Morgan fingerprint density at radius 2 is 1.87 bits per heavy atom. The molecule has 1 aliphatic heterocycles. The van der Waals surface area contributed by atoms with E-state index in [1.165, 1.54) is 16.3 Å². The van der Waals surface area contributed by atoms with E-state index in [0.717, 1.165) is 31.4 Å². The molecule has 1 N–H and O–H groups in total. The summed E-state index contributed by atoms with van der Waals surface area (Å²) in [5.74, 6) is 0.163. The number of benzene rings is 2. The van der Waals surface area contributed by atoms with Crippen LogP contribution in [-0.2, 0) is 18.4 Å². The van der Waals surface area contributed by atoms with Gasteiger partial charge < -0.3 is 14.8 Å². The normalized spacial score (nSPS) is 21.2. The summed E-state index contributed by atoms with van der Waals surface area (Å²) in [7, 11) is 1.76. The van der Waals surface area contributed by atoms with E-state index in [0.29, 0.717) is 19.1 Å². The molecule has 5 nitrogen and oxygen atoms in total. The van der Waals surface area contributed by atoms with Crippen LogP contribution in [0.25, 0.3) is 10.8 Å². The van der Waals surface area contributed by atoms with E-state index in [-0.39, 0.29) is 23.3 Å². The van der Waals surface area contributed by atoms with Gasteiger partial charge in [0, 0.05) is 38.4 Å². The van der Waals surface area contributed by atoms with Gasteiger partial charge in [-0.3, -0.25) is 9.59 Å². The van der Waals surface area contributed by atoms with Crippen molar-refractivity contribution in [3.05, 3.63) is 82.3 Å². The second-order valence-electron chi connectivity index (χ2n) is 8.99. The van der Waals surface area contributed by atoms with Crippen molar-refractivity contribution in [2.45, 2.75) is 37.8 Å². The highest BCUT2D eigenvalue weighted by Gasteiger charge is 2.40. The number of rotatable bonds is 5. The number of nitrogens with zero attached hydrogens (tertiary/aromatic N) is 2. The molecule has 2 aliphatic rings. The zero-order valence-corrected chi connectivity index (χ0v) is 18.0. The fraction of sp³-hybridized carbons (Fsp3) is 0.385. The number of nitrogens with one attached hydrogen (secondary N) is 1. The average molecular weight is 416 g/mol. The molecule has 2 aromatic carbocycles. The third-order valence-electron chi connectivity index (χ3n) is 6.79. The van der Waals surface area contributed by atoms with Crippen molar-refractivity contribution in [1.82, 2.24) is 14.8 Å². The molecule has 1 amide bonds. The third kappa shape index (κ3) is 4.15. The summed E-state index contributed by atoms with van der Waals surface area (Å²) in [4.78, 5) is 28.1. The third-order valence-corrected chi connectivity index (χ3v) is 6.79. The molecule has 0 bridgehead atoms. The Bertz CT molecular complexity index is 1160. The number of fused-ring (bicyclic) bond motifs is 1. The molecule has 2 fully saturated rings. The van der Waals surface area contributed by atoms with Gasteiger partial charge in [-0.1, -0.05) is 36.4 Å². The van der Waals surface area contributed by atoms with Gasteiger partial charge in [-0.2, -0.15) is 0 Å². The van der Waals surface area contributed by atoms with Gasteiger partial charge in [-0.15, -0.1) is 0 Å². The van der Waals surface area contributed by atoms with Crippen LogP contribution in [-0.4, -0.2) is 34.5 Å². The first-order chi connectivity index (χ1) is 15.1. The Labute approximate surface area is 182 Å². The highest BCUT2D eigenvalue weighted by atomic mass is 16.2. The molecule has 5 heteroatoms. The maximum Gasteiger partial charge on any atom is 0.250 e. The first kappa shape index (κ1) is 20.0. The van der Waals surface area contributed by atoms with Gasteiger partial charge in [-0.25, -0.2) is 0 Å². The maximum absolute atomic E-state index is 13.8. The topological polar surface area (TPSA) is 54.3 Å². The molecular formula is C26H29N3O2. The first-order valence-corrected chi connectivity index (χ1v) is 11.3. The molecule has 3 aromatic rings. The van der Waals surface area contributed by atoms with Crippen LogP contribution in [0.2, 0.25) is 0 Å². The number of piperidine rings is 1. The van der Waals surface area contributed by atoms with Crippen LogP contribution in [0.3, 0.4) is 0 Å². The number of aromatic nitrogens is 1. The molecule has 1 saturated carbocycles. The van der Waals surface area contributed by atoms with E-state index < -0.39 is 0 Å². The minimum Gasteiger partial charge on any atom is -0.335 e. The van der Waals surface area contributed by atoms with Gasteiger partial charge in [0.25, 0.3) is 5.56 Å². The Hall–Kier alpha value is -2.92. The predicted octanol–water partition coefficient (Wildman–Crippen LogP) is 3.42. The summed E-state index contributed by atoms with van der Waals surface area (Å²) in [5, 5.41) is 5.84. The molecule has 1 saturated heterocycles. The SMILES string of the molecule is Cn1ccc(C2CCNCC2C(=O)N(Cc2ccc3ccccc3c2)C2CC2)cc1=O. The second kappa shape index (κ2) is 8.31. The molecule has 2 heterocycles. The van der Waals surface area contributed by atoms with E-state index >= 15 is 0 Å². The monoisotopic (exact) mass is 415 g/mol. The number of pyridine rings is 1. The Kier molecular flexibility index (Phi) is 5.36. The van der Waals surface area contributed by atoms with Crippen molar-refractivity contribution in [3.8, 4) is 0 Å². The highest BCUT2D eigenvalue weighted by molar-refractivity contribution is 5.84. The van der Waals surface area contributed by atoms with Crippen molar-refractivity contribution < 1.29 is 4.79 Å². The molecular weight excluding hydrogens is 386 g/mol. The standard InChI is InChI=1S/C26H29N3O2/c1-28-13-11-21(15-25(28)30)23-10-12-27-16-24(23)26(31)29(22-8-9-22)17-18-6-7-19-4-2-3-5-20(19)14-18/h2-7,11,13-15,22-24,27H,8-10,12,16-17H2,1H3. The molecule has 0 spiro atoms. The summed E-state index contributed by atoms with van der Waals surface area (Å²) in [6, 6.07) is 18.9. The smallest absolute Gasteiger partial charge is 0.250 e. The number of amides is 1. The zero-order chi connectivity index (χ0) is 21.4. The van der Waals surface area contributed by atoms with Crippen LogP contribution < -0.4 is 10.9 Å². The van der Waals surface area contributed by atoms with Crippen molar-refractivity contribution in [1.29, 1.82) is 0 Å². The van der Waals surface area contributed by atoms with Gasteiger partial charge in [0.1, 0.15) is 0 Å². The summed E-state index contributed by atoms with van der Waals surface area (Å²) in [6.45, 7) is 2.19. The highest BCUT2D eigenvalue weighted by Crippen LogP contribution is 2.36. The molecule has 1 aromatic heterocycles. The van der Waals surface area contributed by atoms with Gasteiger partial charge in [0.15, 0.2) is 0 Å². The Balaban J connectivity index is 1.41. The van der Waals surface area contributed by atoms with Gasteiger partial charge >= 0.3 is 0 Å².